The van der Waals surface area contributed by atoms with E-state index >= 15 is 0 Å². The molecule has 2 heterocycles. The summed E-state index contributed by atoms with van der Waals surface area (Å²) in [7, 11) is 3.24. The van der Waals surface area contributed by atoms with Crippen molar-refractivity contribution in [3.05, 3.63) is 64.1 Å². The molecule has 1 aliphatic heterocycles. The molecule has 1 aromatic heterocycles. The third kappa shape index (κ3) is 3.46. The van der Waals surface area contributed by atoms with Crippen molar-refractivity contribution in [2.45, 2.75) is 32.7 Å². The highest BCUT2D eigenvalue weighted by molar-refractivity contribution is 5.73. The summed E-state index contributed by atoms with van der Waals surface area (Å²) in [6.45, 7) is 4.88. The second-order valence-corrected chi connectivity index (χ2v) is 7.44. The largest absolute Gasteiger partial charge is 0.493 e. The van der Waals surface area contributed by atoms with Gasteiger partial charge < -0.3 is 14.8 Å². The lowest BCUT2D eigenvalue weighted by molar-refractivity contribution is 0.354. The number of rotatable bonds is 5. The predicted octanol–water partition coefficient (Wildman–Crippen LogP) is 4.35. The topological polar surface area (TPSA) is 65.4 Å². The molecule has 0 unspecified atom stereocenters. The van der Waals surface area contributed by atoms with E-state index in [0.29, 0.717) is 29.8 Å². The van der Waals surface area contributed by atoms with Crippen LogP contribution in [-0.4, -0.2) is 23.8 Å². The Bertz CT molecular complexity index is 1120. The number of benzene rings is 2. The fourth-order valence-electron chi connectivity index (χ4n) is 3.86. The second kappa shape index (κ2) is 7.62. The Hall–Kier alpha value is -3.28. The SMILES string of the molecule is COc1cc2c(cc1OC)-c1cc(Nc3ccccc3C(C)C)nc(=O)n1CC2. The maximum Gasteiger partial charge on any atom is 0.350 e. The van der Waals surface area contributed by atoms with Gasteiger partial charge in [-0.3, -0.25) is 4.57 Å². The first-order valence-electron chi connectivity index (χ1n) is 9.75. The minimum atomic E-state index is -0.257. The number of fused-ring (bicyclic) bond motifs is 3. The summed E-state index contributed by atoms with van der Waals surface area (Å²) in [6, 6.07) is 14.0. The predicted molar refractivity (Wildman–Crippen MR) is 115 cm³/mol. The van der Waals surface area contributed by atoms with Gasteiger partial charge in [0.25, 0.3) is 0 Å². The first-order chi connectivity index (χ1) is 14.0. The zero-order chi connectivity index (χ0) is 20.5. The summed E-state index contributed by atoms with van der Waals surface area (Å²) in [5.41, 5.74) is 4.81. The molecule has 0 fully saturated rings. The van der Waals surface area contributed by atoms with Crippen LogP contribution in [0.25, 0.3) is 11.3 Å². The minimum Gasteiger partial charge on any atom is -0.493 e. The lowest BCUT2D eigenvalue weighted by atomic mass is 9.96. The number of anilines is 2. The maximum atomic E-state index is 12.7. The van der Waals surface area contributed by atoms with Gasteiger partial charge in [-0.1, -0.05) is 32.0 Å². The lowest BCUT2D eigenvalue weighted by Gasteiger charge is -2.24. The van der Waals surface area contributed by atoms with E-state index in [4.69, 9.17) is 9.47 Å². The van der Waals surface area contributed by atoms with Crippen molar-refractivity contribution in [2.24, 2.45) is 0 Å². The van der Waals surface area contributed by atoms with Crippen molar-refractivity contribution in [3.8, 4) is 22.8 Å². The third-order valence-corrected chi connectivity index (χ3v) is 5.35. The van der Waals surface area contributed by atoms with Gasteiger partial charge in [0.2, 0.25) is 0 Å². The van der Waals surface area contributed by atoms with Crippen molar-refractivity contribution in [1.82, 2.24) is 9.55 Å². The van der Waals surface area contributed by atoms with E-state index in [1.54, 1.807) is 18.8 Å². The quantitative estimate of drug-likeness (QED) is 0.700. The van der Waals surface area contributed by atoms with E-state index < -0.39 is 0 Å². The molecule has 0 saturated carbocycles. The molecule has 0 saturated heterocycles. The Labute approximate surface area is 170 Å². The second-order valence-electron chi connectivity index (χ2n) is 7.44. The summed E-state index contributed by atoms with van der Waals surface area (Å²) >= 11 is 0. The number of ether oxygens (including phenoxy) is 2. The van der Waals surface area contributed by atoms with Gasteiger partial charge in [0.05, 0.1) is 19.9 Å². The molecule has 29 heavy (non-hydrogen) atoms. The standard InChI is InChI=1S/C23H25N3O3/c1-14(2)16-7-5-6-8-18(16)24-22-13-19-17-12-21(29-4)20(28-3)11-15(17)9-10-26(19)23(27)25-22/h5-8,11-14H,9-10H2,1-4H3,(H,24,25,27). The monoisotopic (exact) mass is 391 g/mol. The number of hydrogen-bond acceptors (Lipinski definition) is 5. The first-order valence-corrected chi connectivity index (χ1v) is 9.75. The molecule has 2 aromatic carbocycles. The van der Waals surface area contributed by atoms with Gasteiger partial charge in [0.15, 0.2) is 11.5 Å². The molecule has 0 aliphatic carbocycles. The smallest absolute Gasteiger partial charge is 0.350 e. The van der Waals surface area contributed by atoms with E-state index in [9.17, 15) is 4.79 Å². The Morgan fingerprint density at radius 3 is 2.52 bits per heavy atom. The van der Waals surface area contributed by atoms with E-state index in [2.05, 4.69) is 30.2 Å². The van der Waals surface area contributed by atoms with Crippen LogP contribution in [0, 0.1) is 0 Å². The van der Waals surface area contributed by atoms with Crippen LogP contribution in [0.2, 0.25) is 0 Å². The average Bonchev–Trinajstić information content (AvgIpc) is 2.72. The van der Waals surface area contributed by atoms with Crippen molar-refractivity contribution in [2.75, 3.05) is 19.5 Å². The number of methoxy groups -OCH3 is 2. The summed E-state index contributed by atoms with van der Waals surface area (Å²) in [4.78, 5) is 17.0. The van der Waals surface area contributed by atoms with Crippen LogP contribution >= 0.6 is 0 Å². The van der Waals surface area contributed by atoms with Crippen molar-refractivity contribution in [1.29, 1.82) is 0 Å². The van der Waals surface area contributed by atoms with Crippen LogP contribution in [0.15, 0.2) is 47.3 Å². The lowest BCUT2D eigenvalue weighted by Crippen LogP contribution is -2.28. The number of nitrogens with zero attached hydrogens (tertiary/aromatic N) is 2. The molecule has 6 heteroatoms. The molecular weight excluding hydrogens is 366 g/mol. The number of aromatic nitrogens is 2. The van der Waals surface area contributed by atoms with Crippen LogP contribution < -0.4 is 20.5 Å². The van der Waals surface area contributed by atoms with Crippen molar-refractivity contribution in [3.63, 3.8) is 0 Å². The Balaban J connectivity index is 1.81. The van der Waals surface area contributed by atoms with Gasteiger partial charge in [-0.2, -0.15) is 4.98 Å². The highest BCUT2D eigenvalue weighted by Crippen LogP contribution is 2.38. The average molecular weight is 391 g/mol. The van der Waals surface area contributed by atoms with Gasteiger partial charge in [0.1, 0.15) is 5.82 Å². The van der Waals surface area contributed by atoms with Gasteiger partial charge in [-0.15, -0.1) is 0 Å². The Morgan fingerprint density at radius 1 is 1.07 bits per heavy atom. The van der Waals surface area contributed by atoms with Crippen LogP contribution in [0.5, 0.6) is 11.5 Å². The minimum absolute atomic E-state index is 0.257. The van der Waals surface area contributed by atoms with E-state index in [-0.39, 0.29) is 5.69 Å². The molecule has 6 nitrogen and oxygen atoms in total. The number of para-hydroxylation sites is 1. The van der Waals surface area contributed by atoms with Crippen LogP contribution in [0.3, 0.4) is 0 Å². The molecule has 1 aliphatic rings. The Kier molecular flexibility index (Phi) is 5.01. The molecule has 3 aromatic rings. The fourth-order valence-corrected chi connectivity index (χ4v) is 3.86. The molecule has 1 N–H and O–H groups in total. The summed E-state index contributed by atoms with van der Waals surface area (Å²) in [5, 5.41) is 3.35. The van der Waals surface area contributed by atoms with Crippen LogP contribution in [-0.2, 0) is 13.0 Å². The summed E-state index contributed by atoms with van der Waals surface area (Å²) in [6.07, 6.45) is 0.743. The van der Waals surface area contributed by atoms with Crippen molar-refractivity contribution < 1.29 is 9.47 Å². The molecular formula is C23H25N3O3. The summed E-state index contributed by atoms with van der Waals surface area (Å²) in [5.74, 6) is 2.23. The van der Waals surface area contributed by atoms with E-state index in [0.717, 1.165) is 28.9 Å². The highest BCUT2D eigenvalue weighted by Gasteiger charge is 2.22. The molecule has 0 spiro atoms. The van der Waals surface area contributed by atoms with Crippen molar-refractivity contribution >= 4 is 11.5 Å². The zero-order valence-electron chi connectivity index (χ0n) is 17.2. The summed E-state index contributed by atoms with van der Waals surface area (Å²) < 4.78 is 12.6. The first kappa shape index (κ1) is 19.1. The Morgan fingerprint density at radius 2 is 1.79 bits per heavy atom. The van der Waals surface area contributed by atoms with Gasteiger partial charge in [-0.25, -0.2) is 4.79 Å². The van der Waals surface area contributed by atoms with E-state index in [1.165, 1.54) is 5.56 Å². The fraction of sp³-hybridized carbons (Fsp3) is 0.304. The van der Waals surface area contributed by atoms with Crippen LogP contribution in [0.4, 0.5) is 11.5 Å². The highest BCUT2D eigenvalue weighted by atomic mass is 16.5. The van der Waals surface area contributed by atoms with Gasteiger partial charge in [-0.05, 0) is 41.7 Å². The number of aryl methyl sites for hydroxylation is 1. The zero-order valence-corrected chi connectivity index (χ0v) is 17.2. The number of hydrogen-bond donors (Lipinski definition) is 1. The van der Waals surface area contributed by atoms with Crippen LogP contribution in [0.1, 0.15) is 30.9 Å². The van der Waals surface area contributed by atoms with E-state index in [1.807, 2.05) is 36.4 Å². The molecule has 4 rings (SSSR count). The third-order valence-electron chi connectivity index (χ3n) is 5.35. The van der Waals surface area contributed by atoms with Gasteiger partial charge >= 0.3 is 5.69 Å². The maximum absolute atomic E-state index is 12.7. The molecule has 0 radical (unpaired) electrons. The van der Waals surface area contributed by atoms with Gasteiger partial charge in [0, 0.05) is 23.9 Å². The normalized spacial score (nSPS) is 12.3. The molecule has 0 bridgehead atoms. The number of nitrogens with one attached hydrogen (secondary N) is 1. The molecule has 0 atom stereocenters. The molecule has 0 amide bonds. The molecule has 150 valence electrons.